The molecular weight excluding hydrogens is 561 g/mol. The molecule has 40 heavy (non-hydrogen) atoms. The second kappa shape index (κ2) is 13.3. The van der Waals surface area contributed by atoms with Gasteiger partial charge in [-0.25, -0.2) is 13.8 Å². The maximum atomic E-state index is 14.1. The van der Waals surface area contributed by atoms with Gasteiger partial charge in [-0.1, -0.05) is 19.1 Å². The monoisotopic (exact) mass is 593 g/mol. The molecule has 0 aromatic carbocycles. The fourth-order valence-corrected chi connectivity index (χ4v) is 4.85. The first kappa shape index (κ1) is 31.7. The Morgan fingerprint density at radius 2 is 2.02 bits per heavy atom. The molecule has 3 rings (SSSR count). The first-order valence-electron chi connectivity index (χ1n) is 12.8. The van der Waals surface area contributed by atoms with Crippen LogP contribution < -0.4 is 10.6 Å². The summed E-state index contributed by atoms with van der Waals surface area (Å²) in [5.74, 6) is -1.75. The normalized spacial score (nSPS) is 23.3. The molecule has 0 spiro atoms. The number of hydrogen-bond donors (Lipinski definition) is 3. The van der Waals surface area contributed by atoms with E-state index in [-0.39, 0.29) is 41.8 Å². The zero-order valence-corrected chi connectivity index (χ0v) is 23.0. The van der Waals surface area contributed by atoms with Crippen molar-refractivity contribution < 1.29 is 41.4 Å². The quantitative estimate of drug-likeness (QED) is 0.165. The van der Waals surface area contributed by atoms with Gasteiger partial charge in [0.25, 0.3) is 18.2 Å². The number of ether oxygens (including phenoxy) is 1. The third-order valence-electron chi connectivity index (χ3n) is 6.90. The Bertz CT molecular complexity index is 1140. The van der Waals surface area contributed by atoms with Gasteiger partial charge < -0.3 is 25.4 Å². The van der Waals surface area contributed by atoms with Crippen molar-refractivity contribution in [3.63, 3.8) is 0 Å². The van der Waals surface area contributed by atoms with Gasteiger partial charge >= 0.3 is 6.18 Å². The van der Waals surface area contributed by atoms with Crippen LogP contribution in [-0.2, 0) is 14.3 Å². The van der Waals surface area contributed by atoms with E-state index < -0.39 is 60.0 Å². The summed E-state index contributed by atoms with van der Waals surface area (Å²) < 4.78 is 73.0. The number of likely N-dealkylation sites (tertiary alicyclic amines) is 1. The van der Waals surface area contributed by atoms with Crippen LogP contribution in [0.5, 0.6) is 0 Å². The molecule has 1 aromatic heterocycles. The van der Waals surface area contributed by atoms with Crippen LogP contribution >= 0.6 is 12.2 Å². The number of thiocarbonyl (C=S) groups is 1. The lowest BCUT2D eigenvalue weighted by atomic mass is 10.0. The van der Waals surface area contributed by atoms with Gasteiger partial charge in [-0.2, -0.15) is 13.2 Å². The third kappa shape index (κ3) is 7.49. The van der Waals surface area contributed by atoms with E-state index in [0.29, 0.717) is 19.4 Å². The van der Waals surface area contributed by atoms with Crippen LogP contribution in [0.3, 0.4) is 0 Å². The lowest BCUT2D eigenvalue weighted by molar-refractivity contribution is -0.143. The van der Waals surface area contributed by atoms with Crippen LogP contribution in [-0.4, -0.2) is 93.6 Å². The van der Waals surface area contributed by atoms with Crippen molar-refractivity contribution in [2.75, 3.05) is 25.1 Å². The molecule has 2 amide bonds. The molecule has 5 atom stereocenters. The highest BCUT2D eigenvalue weighted by Crippen LogP contribution is 2.30. The number of aliphatic imine (C=N–C) groups is 1. The minimum absolute atomic E-state index is 0.0371. The van der Waals surface area contributed by atoms with Crippen LogP contribution in [0, 0.1) is 0 Å². The number of aliphatic hydroxyl groups excluding tert-OH is 1. The summed E-state index contributed by atoms with van der Waals surface area (Å²) in [6, 6.07) is -3.67. The number of pyridine rings is 1. The van der Waals surface area contributed by atoms with Gasteiger partial charge in [0.1, 0.15) is 11.9 Å². The van der Waals surface area contributed by atoms with Gasteiger partial charge in [-0.3, -0.25) is 14.6 Å². The molecule has 2 saturated heterocycles. The van der Waals surface area contributed by atoms with E-state index in [1.54, 1.807) is 0 Å². The SMILES string of the molecule is CC[C@H](Nc1cc(C(F)F)c(C(=S)C(/N=C(\C)C(=O)N[C@H]2COC[C@H]2O)C(=O)N2CCC[C@@H]2C)cn1)C(F)(F)F. The Labute approximate surface area is 233 Å². The Balaban J connectivity index is 1.97. The lowest BCUT2D eigenvalue weighted by Crippen LogP contribution is -2.47. The van der Waals surface area contributed by atoms with Gasteiger partial charge in [0.2, 0.25) is 0 Å². The molecule has 222 valence electrons. The third-order valence-corrected chi connectivity index (χ3v) is 7.34. The number of carbonyl (C=O) groups is 2. The van der Waals surface area contributed by atoms with Crippen molar-refractivity contribution >= 4 is 40.4 Å². The van der Waals surface area contributed by atoms with Crippen molar-refractivity contribution in [3.8, 4) is 0 Å². The van der Waals surface area contributed by atoms with Gasteiger partial charge in [-0.05, 0) is 39.2 Å². The van der Waals surface area contributed by atoms with E-state index in [2.05, 4.69) is 20.6 Å². The second-order valence-electron chi connectivity index (χ2n) is 9.79. The van der Waals surface area contributed by atoms with Crippen LogP contribution in [0.2, 0.25) is 0 Å². The van der Waals surface area contributed by atoms with Crippen LogP contribution in [0.15, 0.2) is 17.3 Å². The van der Waals surface area contributed by atoms with Crippen LogP contribution in [0.25, 0.3) is 0 Å². The molecule has 2 aliphatic heterocycles. The van der Waals surface area contributed by atoms with Crippen molar-refractivity contribution in [2.45, 2.75) is 82.9 Å². The molecule has 0 radical (unpaired) electrons. The first-order valence-corrected chi connectivity index (χ1v) is 13.2. The summed E-state index contributed by atoms with van der Waals surface area (Å²) >= 11 is 5.46. The summed E-state index contributed by atoms with van der Waals surface area (Å²) in [4.78, 5) is 35.6. The summed E-state index contributed by atoms with van der Waals surface area (Å²) in [6.45, 7) is 4.90. The van der Waals surface area contributed by atoms with E-state index in [4.69, 9.17) is 17.0 Å². The summed E-state index contributed by atoms with van der Waals surface area (Å²) in [7, 11) is 0. The lowest BCUT2D eigenvalue weighted by Gasteiger charge is -2.27. The molecule has 0 saturated carbocycles. The smallest absolute Gasteiger partial charge is 0.388 e. The number of nitrogens with zero attached hydrogens (tertiary/aromatic N) is 3. The molecule has 3 N–H and O–H groups in total. The van der Waals surface area contributed by atoms with Crippen molar-refractivity contribution in [1.29, 1.82) is 0 Å². The van der Waals surface area contributed by atoms with Crippen molar-refractivity contribution in [2.24, 2.45) is 4.99 Å². The molecule has 3 heterocycles. The number of nitrogens with one attached hydrogen (secondary N) is 2. The molecule has 15 heteroatoms. The predicted octanol–water partition coefficient (Wildman–Crippen LogP) is 3.21. The molecule has 1 unspecified atom stereocenters. The fraction of sp³-hybridized carbons (Fsp3) is 0.640. The Hall–Kier alpha value is -2.78. The average Bonchev–Trinajstić information content (AvgIpc) is 3.51. The maximum Gasteiger partial charge on any atom is 0.408 e. The number of alkyl halides is 5. The van der Waals surface area contributed by atoms with Gasteiger partial charge in [0.05, 0.1) is 35.9 Å². The van der Waals surface area contributed by atoms with E-state index in [0.717, 1.165) is 12.3 Å². The van der Waals surface area contributed by atoms with Gasteiger partial charge in [-0.15, -0.1) is 0 Å². The highest BCUT2D eigenvalue weighted by molar-refractivity contribution is 7.81. The number of carbonyl (C=O) groups excluding carboxylic acids is 2. The number of rotatable bonds is 10. The minimum Gasteiger partial charge on any atom is -0.388 e. The average molecular weight is 594 g/mol. The topological polar surface area (TPSA) is 116 Å². The summed E-state index contributed by atoms with van der Waals surface area (Å²) in [5, 5.41) is 14.6. The minimum atomic E-state index is -4.63. The van der Waals surface area contributed by atoms with Crippen molar-refractivity contribution in [3.05, 3.63) is 23.4 Å². The van der Waals surface area contributed by atoms with Gasteiger partial charge in [0.15, 0.2) is 6.04 Å². The first-order chi connectivity index (χ1) is 18.7. The van der Waals surface area contributed by atoms with E-state index >= 15 is 0 Å². The Kier molecular flexibility index (Phi) is 10.5. The van der Waals surface area contributed by atoms with E-state index in [9.17, 15) is 36.6 Å². The molecule has 0 aliphatic carbocycles. The molecular formula is C25H32F5N5O4S. The van der Waals surface area contributed by atoms with Crippen LogP contribution in [0.4, 0.5) is 27.8 Å². The zero-order chi connectivity index (χ0) is 29.8. The highest BCUT2D eigenvalue weighted by atomic mass is 32.1. The standard InChI is InChI=1S/C25H32F5N5O4S/c1-4-18(25(28,29)30)34-19-8-14(22(26)27)15(9-31-19)21(40)20(24(38)35-7-5-6-12(35)2)32-13(3)23(37)33-16-10-39-11-17(16)36/h8-9,12,16-18,20,22,36H,4-7,10-11H2,1-3H3,(H,31,34)(H,33,37)/b32-13+/t12-,16-,17+,18-,20?/m0/s1. The van der Waals surface area contributed by atoms with E-state index in [1.165, 1.54) is 18.7 Å². The summed E-state index contributed by atoms with van der Waals surface area (Å²) in [5.41, 5.74) is -1.25. The molecule has 9 nitrogen and oxygen atoms in total. The fourth-order valence-electron chi connectivity index (χ4n) is 4.53. The summed E-state index contributed by atoms with van der Waals surface area (Å²) in [6.07, 6.45) is -6.79. The largest absolute Gasteiger partial charge is 0.408 e. The Morgan fingerprint density at radius 3 is 2.55 bits per heavy atom. The highest BCUT2D eigenvalue weighted by Gasteiger charge is 2.39. The second-order valence-corrected chi connectivity index (χ2v) is 10.2. The van der Waals surface area contributed by atoms with E-state index in [1.807, 2.05) is 6.92 Å². The van der Waals surface area contributed by atoms with Crippen molar-refractivity contribution in [1.82, 2.24) is 15.2 Å². The molecule has 0 bridgehead atoms. The molecule has 2 aliphatic rings. The number of aromatic nitrogens is 1. The van der Waals surface area contributed by atoms with Gasteiger partial charge in [0, 0.05) is 29.9 Å². The molecule has 1 aromatic rings. The predicted molar refractivity (Wildman–Crippen MR) is 141 cm³/mol. The number of aliphatic hydroxyl groups is 1. The zero-order valence-electron chi connectivity index (χ0n) is 22.2. The van der Waals surface area contributed by atoms with Crippen LogP contribution in [0.1, 0.15) is 57.6 Å². The molecule has 2 fully saturated rings. The number of halogens is 5. The maximum absolute atomic E-state index is 14.1. The number of hydrogen-bond acceptors (Lipinski definition) is 8. The number of amides is 2. The Morgan fingerprint density at radius 1 is 1.32 bits per heavy atom. The number of anilines is 1.